The Morgan fingerprint density at radius 3 is 2.61 bits per heavy atom. The number of anilines is 1. The molecule has 0 aliphatic heterocycles. The van der Waals surface area contributed by atoms with E-state index in [-0.39, 0.29) is 41.1 Å². The minimum atomic E-state index is -3.75. The third-order valence-electron chi connectivity index (χ3n) is 3.94. The number of amides is 1. The lowest BCUT2D eigenvalue weighted by Gasteiger charge is -2.17. The van der Waals surface area contributed by atoms with Gasteiger partial charge < -0.3 is 14.7 Å². The molecule has 0 unspecified atom stereocenters. The van der Waals surface area contributed by atoms with Gasteiger partial charge in [0.25, 0.3) is 5.91 Å². The number of ether oxygens (including phenoxy) is 1. The fraction of sp³-hybridized carbons (Fsp3) is 0.389. The fourth-order valence-corrected chi connectivity index (χ4v) is 3.87. The van der Waals surface area contributed by atoms with Crippen molar-refractivity contribution < 1.29 is 32.3 Å². The quantitative estimate of drug-likeness (QED) is 0.371. The Morgan fingerprint density at radius 2 is 2.06 bits per heavy atom. The van der Waals surface area contributed by atoms with E-state index in [1.807, 2.05) is 0 Å². The number of nitrogens with one attached hydrogen (secondary N) is 1. The van der Waals surface area contributed by atoms with E-state index in [2.05, 4.69) is 15.5 Å². The summed E-state index contributed by atoms with van der Waals surface area (Å²) in [5, 5.41) is 14.7. The number of benzene rings is 1. The van der Waals surface area contributed by atoms with Gasteiger partial charge in [0.15, 0.2) is 16.0 Å². The number of sulfonamides is 1. The summed E-state index contributed by atoms with van der Waals surface area (Å²) in [6.45, 7) is 1.62. The number of methoxy groups -OCH3 is 1. The van der Waals surface area contributed by atoms with Crippen LogP contribution >= 0.6 is 11.3 Å². The van der Waals surface area contributed by atoms with Crippen LogP contribution in [0.2, 0.25) is 0 Å². The van der Waals surface area contributed by atoms with Gasteiger partial charge in [-0.15, -0.1) is 0 Å². The molecule has 1 heterocycles. The molecule has 2 aromatic rings. The number of aromatic nitrogens is 1. The normalized spacial score (nSPS) is 13.3. The molecule has 0 saturated carbocycles. The zero-order chi connectivity index (χ0) is 23.0. The van der Waals surface area contributed by atoms with Crippen molar-refractivity contribution in [1.82, 2.24) is 9.29 Å². The van der Waals surface area contributed by atoms with E-state index >= 15 is 0 Å². The summed E-state index contributed by atoms with van der Waals surface area (Å²) in [7, 11) is -0.847. The summed E-state index contributed by atoms with van der Waals surface area (Å²) in [5.41, 5.74) is 0.0470. The third kappa shape index (κ3) is 6.77. The van der Waals surface area contributed by atoms with E-state index in [0.29, 0.717) is 11.3 Å². The van der Waals surface area contributed by atoms with Crippen molar-refractivity contribution in [1.29, 1.82) is 0 Å². The van der Waals surface area contributed by atoms with Crippen molar-refractivity contribution >= 4 is 38.1 Å². The van der Waals surface area contributed by atoms with E-state index in [0.717, 1.165) is 10.5 Å². The molecular weight excluding hydrogens is 451 g/mol. The van der Waals surface area contributed by atoms with Gasteiger partial charge in [-0.05, 0) is 19.1 Å². The smallest absolute Gasteiger partial charge is 0.280 e. The Balaban J connectivity index is 2.30. The van der Waals surface area contributed by atoms with Crippen LogP contribution in [-0.4, -0.2) is 74.5 Å². The molecule has 0 bridgehead atoms. The van der Waals surface area contributed by atoms with Gasteiger partial charge in [-0.2, -0.15) is 8.70 Å². The largest absolute Gasteiger partial charge is 0.392 e. The number of likely N-dealkylation sites (N-methyl/N-ethyl adjacent to an activating group) is 1. The van der Waals surface area contributed by atoms with Crippen LogP contribution in [0.4, 0.5) is 9.52 Å². The number of carbonyl (C=O) groups excluding carboxylic acids is 1. The lowest BCUT2D eigenvalue weighted by atomic mass is 10.1. The Kier molecular flexibility index (Phi) is 9.00. The average Bonchev–Trinajstić information content (AvgIpc) is 3.16. The summed E-state index contributed by atoms with van der Waals surface area (Å²) in [4.78, 5) is 21.5. The summed E-state index contributed by atoms with van der Waals surface area (Å²) in [5.74, 6) is -0.743. The highest BCUT2D eigenvalue weighted by atomic mass is 32.2. The van der Waals surface area contributed by atoms with Gasteiger partial charge in [0.2, 0.25) is 10.0 Å². The highest BCUT2D eigenvalue weighted by molar-refractivity contribution is 7.89. The fourth-order valence-electron chi connectivity index (χ4n) is 2.17. The first kappa shape index (κ1) is 24.8. The standard InChI is InChI=1S/C18H23FN4O6S2/c1-12(11-24)29-22-16(17(25)21-18-20-10-15(19)30-18)13-4-6-14(7-5-13)31(26,27)23(2)8-9-28-3/h4-7,10,12,24H,8-9,11H2,1-3H3,(H,20,21,25)/t12-/m1/s1. The zero-order valence-electron chi connectivity index (χ0n) is 17.1. The molecule has 0 saturated heterocycles. The predicted molar refractivity (Wildman–Crippen MR) is 113 cm³/mol. The van der Waals surface area contributed by atoms with Gasteiger partial charge in [-0.1, -0.05) is 28.6 Å². The third-order valence-corrected chi connectivity index (χ3v) is 6.51. The highest BCUT2D eigenvalue weighted by Gasteiger charge is 2.22. The summed E-state index contributed by atoms with van der Waals surface area (Å²) >= 11 is 0.632. The molecule has 2 N–H and O–H groups in total. The van der Waals surface area contributed by atoms with Crippen molar-refractivity contribution in [2.24, 2.45) is 5.16 Å². The van der Waals surface area contributed by atoms with Crippen LogP contribution in [0, 0.1) is 5.13 Å². The van der Waals surface area contributed by atoms with E-state index in [9.17, 15) is 17.6 Å². The van der Waals surface area contributed by atoms with Crippen molar-refractivity contribution in [2.75, 3.05) is 39.2 Å². The van der Waals surface area contributed by atoms with E-state index in [1.165, 1.54) is 38.4 Å². The number of aliphatic hydroxyl groups excluding tert-OH is 1. The number of aliphatic hydroxyl groups is 1. The first-order valence-electron chi connectivity index (χ1n) is 9.02. The number of nitrogens with zero attached hydrogens (tertiary/aromatic N) is 3. The number of halogens is 1. The van der Waals surface area contributed by atoms with E-state index in [1.54, 1.807) is 6.92 Å². The van der Waals surface area contributed by atoms with Crippen molar-refractivity contribution in [2.45, 2.75) is 17.9 Å². The molecule has 170 valence electrons. The second-order valence-corrected chi connectivity index (χ2v) is 9.33. The number of oxime groups is 1. The minimum absolute atomic E-state index is 0.0150. The maximum atomic E-state index is 13.2. The molecule has 0 spiro atoms. The average molecular weight is 475 g/mol. The maximum absolute atomic E-state index is 13.2. The summed E-state index contributed by atoms with van der Waals surface area (Å²) in [6.07, 6.45) is 0.274. The van der Waals surface area contributed by atoms with Crippen LogP contribution in [0.15, 0.2) is 40.5 Å². The van der Waals surface area contributed by atoms with Gasteiger partial charge in [0, 0.05) is 26.3 Å². The SMILES string of the molecule is COCCN(C)S(=O)(=O)c1ccc(C(=NO[C@H](C)CO)C(=O)Nc2ncc(F)s2)cc1. The number of hydrogen-bond acceptors (Lipinski definition) is 9. The molecule has 2 rings (SSSR count). The molecule has 10 nitrogen and oxygen atoms in total. The van der Waals surface area contributed by atoms with Crippen LogP contribution in [0.5, 0.6) is 0 Å². The molecule has 0 radical (unpaired) electrons. The van der Waals surface area contributed by atoms with Crippen LogP contribution < -0.4 is 5.32 Å². The molecule has 1 amide bonds. The Hall–Kier alpha value is -2.45. The topological polar surface area (TPSA) is 130 Å². The molecule has 0 aliphatic carbocycles. The molecule has 31 heavy (non-hydrogen) atoms. The zero-order valence-corrected chi connectivity index (χ0v) is 18.7. The molecule has 1 aromatic heterocycles. The van der Waals surface area contributed by atoms with Crippen LogP contribution in [0.3, 0.4) is 0 Å². The lowest BCUT2D eigenvalue weighted by molar-refractivity contribution is -0.110. The highest BCUT2D eigenvalue weighted by Crippen LogP contribution is 2.18. The van der Waals surface area contributed by atoms with Crippen molar-refractivity contribution in [3.63, 3.8) is 0 Å². The first-order valence-corrected chi connectivity index (χ1v) is 11.3. The molecular formula is C18H23FN4O6S2. The van der Waals surface area contributed by atoms with Crippen LogP contribution in [0.1, 0.15) is 12.5 Å². The number of carbonyl (C=O) groups is 1. The molecule has 13 heteroatoms. The first-order chi connectivity index (χ1) is 14.7. The second kappa shape index (κ2) is 11.2. The van der Waals surface area contributed by atoms with Gasteiger partial charge in [0.05, 0.1) is 24.3 Å². The van der Waals surface area contributed by atoms with Gasteiger partial charge in [-0.25, -0.2) is 13.4 Å². The van der Waals surface area contributed by atoms with Gasteiger partial charge >= 0.3 is 0 Å². The number of hydrogen-bond donors (Lipinski definition) is 2. The second-order valence-electron chi connectivity index (χ2n) is 6.31. The Bertz CT molecular complexity index is 1010. The number of rotatable bonds is 11. The maximum Gasteiger partial charge on any atom is 0.280 e. The van der Waals surface area contributed by atoms with Crippen LogP contribution in [0.25, 0.3) is 0 Å². The molecule has 0 aliphatic rings. The molecule has 1 aromatic carbocycles. The minimum Gasteiger partial charge on any atom is -0.392 e. The van der Waals surface area contributed by atoms with Gasteiger partial charge in [0.1, 0.15) is 6.10 Å². The predicted octanol–water partition coefficient (Wildman–Crippen LogP) is 1.29. The Labute approximate surface area is 183 Å². The van der Waals surface area contributed by atoms with Crippen molar-refractivity contribution in [3.05, 3.63) is 41.2 Å². The summed E-state index contributed by atoms with van der Waals surface area (Å²) < 4.78 is 44.4. The lowest BCUT2D eigenvalue weighted by Crippen LogP contribution is -2.30. The summed E-state index contributed by atoms with van der Waals surface area (Å²) in [6, 6.07) is 5.44. The van der Waals surface area contributed by atoms with E-state index < -0.39 is 27.2 Å². The van der Waals surface area contributed by atoms with E-state index in [4.69, 9.17) is 14.7 Å². The number of thiazole rings is 1. The van der Waals surface area contributed by atoms with Crippen LogP contribution in [-0.2, 0) is 24.4 Å². The molecule has 1 atom stereocenters. The molecule has 0 fully saturated rings. The Morgan fingerprint density at radius 1 is 1.39 bits per heavy atom. The van der Waals surface area contributed by atoms with Crippen molar-refractivity contribution in [3.8, 4) is 0 Å². The monoisotopic (exact) mass is 474 g/mol. The van der Waals surface area contributed by atoms with Gasteiger partial charge in [-0.3, -0.25) is 10.1 Å².